The Kier molecular flexibility index (Phi) is 14.5. The van der Waals surface area contributed by atoms with Crippen molar-refractivity contribution in [2.45, 2.75) is 85.5 Å². The van der Waals surface area contributed by atoms with Crippen LogP contribution in [-0.2, 0) is 26.5 Å². The molecule has 0 atom stereocenters. The molecule has 2 aromatic heterocycles. The van der Waals surface area contributed by atoms with Crippen molar-refractivity contribution in [1.82, 2.24) is 9.55 Å². The van der Waals surface area contributed by atoms with E-state index in [1.54, 1.807) is 0 Å². The van der Waals surface area contributed by atoms with Crippen LogP contribution in [0, 0.1) is 19.6 Å². The molecule has 0 saturated heterocycles. The van der Waals surface area contributed by atoms with Gasteiger partial charge in [0.25, 0.3) is 0 Å². The third kappa shape index (κ3) is 9.04. The number of aromatic nitrogens is 2. The van der Waals surface area contributed by atoms with Gasteiger partial charge in [-0.2, -0.15) is 46.8 Å². The number of hydrogen-bond donors (Lipinski definition) is 0. The molecule has 0 radical (unpaired) electrons. The Labute approximate surface area is 433 Å². The van der Waals surface area contributed by atoms with Crippen molar-refractivity contribution >= 4 is 62.0 Å². The summed E-state index contributed by atoms with van der Waals surface area (Å²) in [5.74, 6) is 2.19. The summed E-state index contributed by atoms with van der Waals surface area (Å²) < 4.78 is 2.32. The van der Waals surface area contributed by atoms with Crippen LogP contribution in [0.4, 0.5) is 11.4 Å². The summed E-state index contributed by atoms with van der Waals surface area (Å²) in [7, 11) is -3.09. The maximum absolute atomic E-state index is 5.03. The van der Waals surface area contributed by atoms with Crippen molar-refractivity contribution in [2.75, 3.05) is 16.5 Å². The van der Waals surface area contributed by atoms with Gasteiger partial charge in [0.2, 0.25) is 0 Å². The predicted octanol–water partition coefficient (Wildman–Crippen LogP) is 13.7. The summed E-state index contributed by atoms with van der Waals surface area (Å²) in [5.41, 5.74) is 12.5. The molecule has 70 heavy (non-hydrogen) atoms. The number of fused-ring (bicyclic) bond motifs is 3. The van der Waals surface area contributed by atoms with Crippen LogP contribution in [0.15, 0.2) is 182 Å². The fraction of sp³-hybridized carbons (Fsp3) is 0.219. The fourth-order valence-electron chi connectivity index (χ4n) is 10.4. The largest absolute Gasteiger partial charge is 0.358 e. The van der Waals surface area contributed by atoms with E-state index in [1.807, 2.05) is 6.20 Å². The minimum Gasteiger partial charge on any atom is -0.358 e. The van der Waals surface area contributed by atoms with Gasteiger partial charge in [0, 0.05) is 50.9 Å². The molecule has 10 rings (SSSR count). The monoisotopic (exact) mass is 1110 g/mol. The molecule has 1 aliphatic rings. The molecule has 0 bridgehead atoms. The Morgan fingerprint density at radius 2 is 1.19 bits per heavy atom. The summed E-state index contributed by atoms with van der Waals surface area (Å²) in [6, 6.07) is 69.1. The van der Waals surface area contributed by atoms with Gasteiger partial charge in [0.15, 0.2) is 0 Å². The molecular formula is C64H65N4PtSi-3. The molecule has 9 aromatic rings. The SMILES string of the molecule is CC(C)c1cc(C(C)C)c(-c2cccc(N3C=CN(c4[c-]c([Si](c5[c-]c6c(cc5)c5ccccc5n6-c5cc(C(C)(C)C)ccn5)(c5ccccc5)c5ccccc5)ccc4)C3)c2)c(C(C)C)c1.[CH3-].[Pt]. The van der Waals surface area contributed by atoms with E-state index < -0.39 is 8.07 Å². The van der Waals surface area contributed by atoms with Crippen LogP contribution in [0.25, 0.3) is 38.8 Å². The smallest absolute Gasteiger partial charge is 0.135 e. The summed E-state index contributed by atoms with van der Waals surface area (Å²) in [5, 5.41) is 7.26. The zero-order chi connectivity index (χ0) is 47.3. The molecule has 4 nitrogen and oxygen atoms in total. The Balaban J connectivity index is 0.00000329. The molecule has 6 heteroatoms. The van der Waals surface area contributed by atoms with E-state index in [4.69, 9.17) is 4.98 Å². The van der Waals surface area contributed by atoms with E-state index in [-0.39, 0.29) is 33.9 Å². The first-order valence-electron chi connectivity index (χ1n) is 24.4. The first-order valence-corrected chi connectivity index (χ1v) is 26.4. The average molecular weight is 1110 g/mol. The summed E-state index contributed by atoms with van der Waals surface area (Å²) in [4.78, 5) is 9.72. The van der Waals surface area contributed by atoms with E-state index in [0.717, 1.165) is 27.9 Å². The van der Waals surface area contributed by atoms with E-state index in [0.29, 0.717) is 24.4 Å². The molecule has 0 amide bonds. The second-order valence-corrected chi connectivity index (χ2v) is 24.3. The molecule has 0 saturated carbocycles. The molecule has 3 heterocycles. The van der Waals surface area contributed by atoms with Crippen LogP contribution in [-0.4, -0.2) is 24.3 Å². The second-order valence-electron chi connectivity index (χ2n) is 20.5. The first-order chi connectivity index (χ1) is 32.8. The Morgan fingerprint density at radius 1 is 0.571 bits per heavy atom. The minimum atomic E-state index is -3.09. The molecule has 0 fully saturated rings. The zero-order valence-corrected chi connectivity index (χ0v) is 45.6. The van der Waals surface area contributed by atoms with Gasteiger partial charge in [-0.1, -0.05) is 177 Å². The topological polar surface area (TPSA) is 24.3 Å². The third-order valence-electron chi connectivity index (χ3n) is 14.1. The number of rotatable bonds is 11. The van der Waals surface area contributed by atoms with Gasteiger partial charge in [-0.15, -0.1) is 11.5 Å². The fourth-order valence-corrected chi connectivity index (χ4v) is 14.9. The van der Waals surface area contributed by atoms with Crippen LogP contribution in [0.1, 0.15) is 102 Å². The van der Waals surface area contributed by atoms with E-state index in [9.17, 15) is 0 Å². The van der Waals surface area contributed by atoms with Crippen molar-refractivity contribution in [1.29, 1.82) is 0 Å². The van der Waals surface area contributed by atoms with Crippen molar-refractivity contribution < 1.29 is 21.1 Å². The van der Waals surface area contributed by atoms with Gasteiger partial charge in [0.1, 0.15) is 13.9 Å². The van der Waals surface area contributed by atoms with Crippen molar-refractivity contribution in [3.8, 4) is 16.9 Å². The molecule has 0 unspecified atom stereocenters. The summed E-state index contributed by atoms with van der Waals surface area (Å²) >= 11 is 0. The Bertz CT molecular complexity index is 3240. The van der Waals surface area contributed by atoms with Crippen LogP contribution in [0.5, 0.6) is 0 Å². The molecule has 0 aliphatic carbocycles. The number of anilines is 2. The molecule has 358 valence electrons. The zero-order valence-electron chi connectivity index (χ0n) is 42.4. The predicted molar refractivity (Wildman–Crippen MR) is 298 cm³/mol. The number of nitrogens with zero attached hydrogens (tertiary/aromatic N) is 4. The summed E-state index contributed by atoms with van der Waals surface area (Å²) in [6.45, 7) is 21.4. The molecule has 0 spiro atoms. The minimum absolute atomic E-state index is 0. The van der Waals surface area contributed by atoms with Gasteiger partial charge in [-0.3, -0.25) is 0 Å². The van der Waals surface area contributed by atoms with E-state index in [2.05, 4.69) is 265 Å². The standard InChI is InChI=1S/C63H62N4Si.CH3.Pt/c1-43(2)47-37-57(44(3)4)62(58(38-47)45(5)6)46-20-18-21-49(36-46)65-34-35-66(42-65)50-22-19-27-53(40-50)68(51-23-12-10-13-24-51,52-25-14-11-15-26-52)54-30-31-56-55-28-16-17-29-59(55)67(60(56)41-54)61-39-48(32-33-64-61)63(7,8)9;;/h10-39,43-45H,42H2,1-9H3;1H3;/q-2;-1;. The van der Waals surface area contributed by atoms with Gasteiger partial charge < -0.3 is 21.8 Å². The van der Waals surface area contributed by atoms with Crippen LogP contribution in [0.3, 0.4) is 0 Å². The van der Waals surface area contributed by atoms with Crippen LogP contribution in [0.2, 0.25) is 0 Å². The second kappa shape index (κ2) is 20.2. The van der Waals surface area contributed by atoms with E-state index >= 15 is 0 Å². The van der Waals surface area contributed by atoms with Crippen molar-refractivity contribution in [3.63, 3.8) is 0 Å². The van der Waals surface area contributed by atoms with E-state index in [1.165, 1.54) is 65.2 Å². The molecule has 1 aliphatic heterocycles. The van der Waals surface area contributed by atoms with Gasteiger partial charge in [-0.05, 0) is 103 Å². The summed E-state index contributed by atoms with van der Waals surface area (Å²) in [6.07, 6.45) is 6.38. The third-order valence-corrected chi connectivity index (χ3v) is 18.7. The quantitative estimate of drug-likeness (QED) is 0.0733. The van der Waals surface area contributed by atoms with Crippen LogP contribution >= 0.6 is 0 Å². The average Bonchev–Trinajstić information content (AvgIpc) is 3.98. The van der Waals surface area contributed by atoms with Gasteiger partial charge >= 0.3 is 0 Å². The van der Waals surface area contributed by atoms with Crippen molar-refractivity contribution in [2.24, 2.45) is 0 Å². The normalized spacial score (nSPS) is 12.9. The Hall–Kier alpha value is -6.26. The number of para-hydroxylation sites is 1. The van der Waals surface area contributed by atoms with Crippen molar-refractivity contribution in [3.05, 3.63) is 224 Å². The van der Waals surface area contributed by atoms with Gasteiger partial charge in [0.05, 0.1) is 6.67 Å². The molecule has 0 N–H and O–H groups in total. The molecular weight excluding hydrogens is 1050 g/mol. The first kappa shape index (κ1) is 50.1. The number of hydrogen-bond acceptors (Lipinski definition) is 3. The maximum Gasteiger partial charge on any atom is 0.135 e. The molecule has 7 aromatic carbocycles. The Morgan fingerprint density at radius 3 is 1.83 bits per heavy atom. The van der Waals surface area contributed by atoms with Gasteiger partial charge in [-0.25, -0.2) is 4.98 Å². The van der Waals surface area contributed by atoms with Crippen LogP contribution < -0.4 is 30.5 Å². The number of pyridine rings is 1. The number of benzene rings is 7. The maximum atomic E-state index is 5.03.